The van der Waals surface area contributed by atoms with E-state index < -0.39 is 0 Å². The third-order valence-electron chi connectivity index (χ3n) is 2.38. The molecule has 0 atom stereocenters. The van der Waals surface area contributed by atoms with Crippen LogP contribution < -0.4 is 5.32 Å². The minimum Gasteiger partial charge on any atom is -0.388 e. The zero-order chi connectivity index (χ0) is 12.0. The summed E-state index contributed by atoms with van der Waals surface area (Å²) < 4.78 is 0. The molecule has 1 N–H and O–H groups in total. The van der Waals surface area contributed by atoms with Gasteiger partial charge in [-0.15, -0.1) is 0 Å². The lowest BCUT2D eigenvalue weighted by Crippen LogP contribution is -2.05. The van der Waals surface area contributed by atoms with Crippen LogP contribution in [0.3, 0.4) is 0 Å². The van der Waals surface area contributed by atoms with Crippen molar-refractivity contribution in [2.24, 2.45) is 0 Å². The average Bonchev–Trinajstić information content (AvgIpc) is 2.26. The summed E-state index contributed by atoms with van der Waals surface area (Å²) in [5, 5.41) is 3.03. The zero-order valence-electron chi connectivity index (χ0n) is 9.75. The minimum absolute atomic E-state index is 0.0187. The molecule has 3 nitrogen and oxygen atoms in total. The average molecular weight is 219 g/mol. The van der Waals surface area contributed by atoms with Crippen molar-refractivity contribution in [3.63, 3.8) is 0 Å². The second-order valence-corrected chi connectivity index (χ2v) is 3.86. The Morgan fingerprint density at radius 1 is 1.19 bits per heavy atom. The molecule has 1 rings (SSSR count). The molecular formula is C13H17NO2. The summed E-state index contributed by atoms with van der Waals surface area (Å²) in [5.74, 6) is -0.0410. The van der Waals surface area contributed by atoms with Crippen LogP contribution in [-0.4, -0.2) is 18.6 Å². The van der Waals surface area contributed by atoms with Gasteiger partial charge in [-0.05, 0) is 31.0 Å². The van der Waals surface area contributed by atoms with Crippen molar-refractivity contribution in [1.29, 1.82) is 0 Å². The van der Waals surface area contributed by atoms with E-state index in [9.17, 15) is 9.59 Å². The number of anilines is 1. The largest absolute Gasteiger partial charge is 0.388 e. The number of Topliss-reactive ketones (excluding diaryl/α,β-unsaturated/α-hetero) is 2. The number of hydrogen-bond acceptors (Lipinski definition) is 3. The summed E-state index contributed by atoms with van der Waals surface area (Å²) in [6.45, 7) is 1.44. The Labute approximate surface area is 95.9 Å². The summed E-state index contributed by atoms with van der Waals surface area (Å²) in [5.41, 5.74) is 2.18. The van der Waals surface area contributed by atoms with Crippen molar-refractivity contribution in [2.45, 2.75) is 26.2 Å². The SMILES string of the molecule is CNc1ccc(CCC(=O)CC(C)=O)cc1. The quantitative estimate of drug-likeness (QED) is 0.746. The van der Waals surface area contributed by atoms with E-state index in [0.29, 0.717) is 12.8 Å². The molecule has 0 fully saturated rings. The van der Waals surface area contributed by atoms with Crippen molar-refractivity contribution >= 4 is 17.3 Å². The highest BCUT2D eigenvalue weighted by molar-refractivity contribution is 5.97. The molecule has 0 amide bonds. The Hall–Kier alpha value is -1.64. The molecule has 86 valence electrons. The van der Waals surface area contributed by atoms with Gasteiger partial charge < -0.3 is 5.32 Å². The predicted molar refractivity (Wildman–Crippen MR) is 64.6 cm³/mol. The van der Waals surface area contributed by atoms with Gasteiger partial charge in [-0.1, -0.05) is 12.1 Å². The highest BCUT2D eigenvalue weighted by Crippen LogP contribution is 2.10. The topological polar surface area (TPSA) is 46.2 Å². The van der Waals surface area contributed by atoms with Crippen LogP contribution in [0.15, 0.2) is 24.3 Å². The van der Waals surface area contributed by atoms with Gasteiger partial charge in [0.2, 0.25) is 0 Å². The van der Waals surface area contributed by atoms with Crippen LogP contribution in [0.2, 0.25) is 0 Å². The van der Waals surface area contributed by atoms with E-state index >= 15 is 0 Å². The Kier molecular flexibility index (Phi) is 4.70. The number of ketones is 2. The molecule has 0 unspecified atom stereocenters. The van der Waals surface area contributed by atoms with Gasteiger partial charge in [0.15, 0.2) is 0 Å². The first kappa shape index (κ1) is 12.4. The Morgan fingerprint density at radius 3 is 2.31 bits per heavy atom. The van der Waals surface area contributed by atoms with Gasteiger partial charge in [-0.2, -0.15) is 0 Å². The fourth-order valence-corrected chi connectivity index (χ4v) is 1.49. The molecule has 0 radical (unpaired) electrons. The summed E-state index contributed by atoms with van der Waals surface area (Å²) in [7, 11) is 1.87. The zero-order valence-corrected chi connectivity index (χ0v) is 9.75. The summed E-state index contributed by atoms with van der Waals surface area (Å²) in [6, 6.07) is 7.94. The number of aryl methyl sites for hydroxylation is 1. The van der Waals surface area contributed by atoms with Gasteiger partial charge >= 0.3 is 0 Å². The monoisotopic (exact) mass is 219 g/mol. The highest BCUT2D eigenvalue weighted by atomic mass is 16.1. The molecule has 0 bridgehead atoms. The van der Waals surface area contributed by atoms with E-state index in [2.05, 4.69) is 5.32 Å². The van der Waals surface area contributed by atoms with E-state index in [-0.39, 0.29) is 18.0 Å². The van der Waals surface area contributed by atoms with E-state index in [4.69, 9.17) is 0 Å². The Balaban J connectivity index is 2.42. The first-order valence-electron chi connectivity index (χ1n) is 5.39. The molecule has 16 heavy (non-hydrogen) atoms. The van der Waals surface area contributed by atoms with Gasteiger partial charge in [0.25, 0.3) is 0 Å². The van der Waals surface area contributed by atoms with Gasteiger partial charge in [0.05, 0.1) is 6.42 Å². The predicted octanol–water partition coefficient (Wildman–Crippen LogP) is 2.21. The number of benzene rings is 1. The van der Waals surface area contributed by atoms with E-state index in [1.807, 2.05) is 31.3 Å². The molecule has 0 saturated heterocycles. The molecule has 0 aromatic heterocycles. The number of carbonyl (C=O) groups excluding carboxylic acids is 2. The second kappa shape index (κ2) is 6.05. The van der Waals surface area contributed by atoms with Crippen molar-refractivity contribution in [3.8, 4) is 0 Å². The fourth-order valence-electron chi connectivity index (χ4n) is 1.49. The summed E-state index contributed by atoms with van der Waals surface area (Å²) in [4.78, 5) is 22.0. The lowest BCUT2D eigenvalue weighted by molar-refractivity contribution is -0.125. The minimum atomic E-state index is -0.0597. The number of nitrogens with one attached hydrogen (secondary N) is 1. The van der Waals surface area contributed by atoms with Crippen molar-refractivity contribution < 1.29 is 9.59 Å². The second-order valence-electron chi connectivity index (χ2n) is 3.86. The fraction of sp³-hybridized carbons (Fsp3) is 0.385. The van der Waals surface area contributed by atoms with Crippen LogP contribution in [0.5, 0.6) is 0 Å². The lowest BCUT2D eigenvalue weighted by Gasteiger charge is -2.03. The molecule has 0 saturated carbocycles. The molecule has 3 heteroatoms. The first-order chi connectivity index (χ1) is 7.61. The van der Waals surface area contributed by atoms with Gasteiger partial charge in [0.1, 0.15) is 11.6 Å². The third kappa shape index (κ3) is 4.26. The van der Waals surface area contributed by atoms with Gasteiger partial charge in [0, 0.05) is 19.2 Å². The van der Waals surface area contributed by atoms with Crippen LogP contribution in [-0.2, 0) is 16.0 Å². The number of rotatable bonds is 6. The van der Waals surface area contributed by atoms with Crippen LogP contribution >= 0.6 is 0 Å². The van der Waals surface area contributed by atoms with Crippen molar-refractivity contribution in [2.75, 3.05) is 12.4 Å². The van der Waals surface area contributed by atoms with Crippen molar-refractivity contribution in [3.05, 3.63) is 29.8 Å². The van der Waals surface area contributed by atoms with Gasteiger partial charge in [-0.25, -0.2) is 0 Å². The number of carbonyl (C=O) groups is 2. The molecule has 1 aromatic rings. The molecule has 0 heterocycles. The lowest BCUT2D eigenvalue weighted by atomic mass is 10.0. The standard InChI is InChI=1S/C13H17NO2/c1-10(15)9-13(16)8-5-11-3-6-12(14-2)7-4-11/h3-4,6-7,14H,5,8-9H2,1-2H3. The van der Waals surface area contributed by atoms with E-state index in [1.54, 1.807) is 0 Å². The molecule has 0 aliphatic rings. The highest BCUT2D eigenvalue weighted by Gasteiger charge is 2.05. The van der Waals surface area contributed by atoms with Crippen LogP contribution in [0, 0.1) is 0 Å². The maximum Gasteiger partial charge on any atom is 0.140 e. The van der Waals surface area contributed by atoms with E-state index in [0.717, 1.165) is 11.3 Å². The normalized spacial score (nSPS) is 9.88. The molecule has 0 aliphatic carbocycles. The molecule has 1 aromatic carbocycles. The van der Waals surface area contributed by atoms with Crippen LogP contribution in [0.4, 0.5) is 5.69 Å². The maximum atomic E-state index is 11.3. The summed E-state index contributed by atoms with van der Waals surface area (Å²) >= 11 is 0. The molecule has 0 aliphatic heterocycles. The van der Waals surface area contributed by atoms with Crippen LogP contribution in [0.25, 0.3) is 0 Å². The van der Waals surface area contributed by atoms with Gasteiger partial charge in [-0.3, -0.25) is 9.59 Å². The molecule has 0 spiro atoms. The maximum absolute atomic E-state index is 11.3. The first-order valence-corrected chi connectivity index (χ1v) is 5.39. The molecular weight excluding hydrogens is 202 g/mol. The van der Waals surface area contributed by atoms with Crippen molar-refractivity contribution in [1.82, 2.24) is 0 Å². The smallest absolute Gasteiger partial charge is 0.140 e. The van der Waals surface area contributed by atoms with E-state index in [1.165, 1.54) is 6.92 Å². The Morgan fingerprint density at radius 2 is 1.81 bits per heavy atom. The summed E-state index contributed by atoms with van der Waals surface area (Å²) in [6.07, 6.45) is 1.21. The number of hydrogen-bond donors (Lipinski definition) is 1. The van der Waals surface area contributed by atoms with Crippen LogP contribution in [0.1, 0.15) is 25.3 Å². The Bertz CT molecular complexity index is 368. The third-order valence-corrected chi connectivity index (χ3v) is 2.38.